The smallest absolute Gasteiger partial charge is 0.258 e. The number of rotatable bonds is 1. The van der Waals surface area contributed by atoms with Gasteiger partial charge in [0.2, 0.25) is 0 Å². The van der Waals surface area contributed by atoms with Crippen molar-refractivity contribution in [2.75, 3.05) is 7.11 Å². The predicted octanol–water partition coefficient (Wildman–Crippen LogP) is 0.427. The lowest BCUT2D eigenvalue weighted by Crippen LogP contribution is -2.31. The van der Waals surface area contributed by atoms with Crippen LogP contribution in [0.1, 0.15) is 12.8 Å². The van der Waals surface area contributed by atoms with Crippen molar-refractivity contribution in [1.82, 2.24) is 5.06 Å². The fraction of sp³-hybridized carbons (Fsp3) is 0.778. The van der Waals surface area contributed by atoms with Crippen LogP contribution in [0.4, 0.5) is 0 Å². The van der Waals surface area contributed by atoms with Crippen LogP contribution in [0.25, 0.3) is 0 Å². The molecule has 3 fully saturated rings. The highest BCUT2D eigenvalue weighted by molar-refractivity contribution is 8.01. The van der Waals surface area contributed by atoms with E-state index in [4.69, 9.17) is 4.84 Å². The van der Waals surface area contributed by atoms with Crippen LogP contribution in [0.5, 0.6) is 0 Å². The molecule has 0 radical (unpaired) electrons. The second kappa shape index (κ2) is 2.73. The van der Waals surface area contributed by atoms with E-state index in [1.54, 1.807) is 0 Å². The first-order valence-corrected chi connectivity index (χ1v) is 5.75. The summed E-state index contributed by atoms with van der Waals surface area (Å²) in [7, 11) is 1.38. The average molecular weight is 213 g/mol. The van der Waals surface area contributed by atoms with Crippen LogP contribution in [0.3, 0.4) is 0 Å². The van der Waals surface area contributed by atoms with Gasteiger partial charge in [0.15, 0.2) is 0 Å². The van der Waals surface area contributed by atoms with Crippen LogP contribution in [0.15, 0.2) is 0 Å². The Morgan fingerprint density at radius 1 is 1.21 bits per heavy atom. The van der Waals surface area contributed by atoms with Crippen LogP contribution in [-0.2, 0) is 14.4 Å². The standard InChI is InChI=1S/C9H11NO3S/c1-13-10-8(11)6-4-2-3-5(14-4)7(6)9(10)12/h4-7H,2-3H2,1H3. The summed E-state index contributed by atoms with van der Waals surface area (Å²) in [6.45, 7) is 0. The molecule has 0 aromatic rings. The number of hydrogen-bond donors (Lipinski definition) is 0. The number of carbonyl (C=O) groups is 2. The van der Waals surface area contributed by atoms with Gasteiger partial charge < -0.3 is 0 Å². The number of hydrogen-bond acceptors (Lipinski definition) is 4. The van der Waals surface area contributed by atoms with E-state index in [1.165, 1.54) is 7.11 Å². The fourth-order valence-corrected chi connectivity index (χ4v) is 4.77. The molecule has 4 nitrogen and oxygen atoms in total. The first kappa shape index (κ1) is 8.73. The third-order valence-electron chi connectivity index (χ3n) is 3.43. The number of fused-ring (bicyclic) bond motifs is 5. The molecule has 3 aliphatic rings. The number of hydroxylamine groups is 2. The Morgan fingerprint density at radius 3 is 2.14 bits per heavy atom. The van der Waals surface area contributed by atoms with Crippen LogP contribution in [0.2, 0.25) is 0 Å². The SMILES string of the molecule is CON1C(=O)C2C3CCC(S3)C2C1=O. The molecule has 0 aromatic carbocycles. The summed E-state index contributed by atoms with van der Waals surface area (Å²) in [6.07, 6.45) is 2.15. The van der Waals surface area contributed by atoms with E-state index in [-0.39, 0.29) is 23.7 Å². The molecule has 4 unspecified atom stereocenters. The second-order valence-corrected chi connectivity index (χ2v) is 5.48. The summed E-state index contributed by atoms with van der Waals surface area (Å²) in [6, 6.07) is 0. The van der Waals surface area contributed by atoms with Crippen molar-refractivity contribution in [2.24, 2.45) is 11.8 Å². The van der Waals surface area contributed by atoms with Gasteiger partial charge in [-0.3, -0.25) is 14.4 Å². The van der Waals surface area contributed by atoms with E-state index in [9.17, 15) is 9.59 Å². The first-order chi connectivity index (χ1) is 6.74. The molecule has 0 aliphatic carbocycles. The topological polar surface area (TPSA) is 46.6 Å². The molecule has 2 amide bonds. The molecule has 0 N–H and O–H groups in total. The highest BCUT2D eigenvalue weighted by atomic mass is 32.2. The zero-order chi connectivity index (χ0) is 9.87. The molecule has 14 heavy (non-hydrogen) atoms. The fourth-order valence-electron chi connectivity index (χ4n) is 2.86. The second-order valence-electron chi connectivity index (χ2n) is 4.00. The molecule has 3 heterocycles. The minimum Gasteiger partial charge on any atom is -0.272 e. The van der Waals surface area contributed by atoms with Crippen molar-refractivity contribution in [1.29, 1.82) is 0 Å². The summed E-state index contributed by atoms with van der Waals surface area (Å²) in [5.74, 6) is -0.429. The van der Waals surface area contributed by atoms with E-state index < -0.39 is 0 Å². The monoisotopic (exact) mass is 213 g/mol. The number of nitrogens with zero attached hydrogens (tertiary/aromatic N) is 1. The third kappa shape index (κ3) is 0.846. The molecule has 76 valence electrons. The van der Waals surface area contributed by atoms with E-state index in [2.05, 4.69) is 0 Å². The molecule has 2 bridgehead atoms. The molecule has 0 saturated carbocycles. The normalized spacial score (nSPS) is 45.1. The van der Waals surface area contributed by atoms with Gasteiger partial charge in [-0.15, -0.1) is 0 Å². The molecule has 3 saturated heterocycles. The number of carbonyl (C=O) groups excluding carboxylic acids is 2. The van der Waals surface area contributed by atoms with E-state index in [0.29, 0.717) is 10.5 Å². The number of imide groups is 1. The van der Waals surface area contributed by atoms with Crippen LogP contribution < -0.4 is 0 Å². The zero-order valence-corrected chi connectivity index (χ0v) is 8.62. The summed E-state index contributed by atoms with van der Waals surface area (Å²) >= 11 is 1.82. The van der Waals surface area contributed by atoms with Crippen LogP contribution in [0, 0.1) is 11.8 Å². The van der Waals surface area contributed by atoms with E-state index >= 15 is 0 Å². The van der Waals surface area contributed by atoms with Gasteiger partial charge in [-0.2, -0.15) is 16.8 Å². The van der Waals surface area contributed by atoms with Gasteiger partial charge in [-0.05, 0) is 12.8 Å². The summed E-state index contributed by atoms with van der Waals surface area (Å²) in [5.41, 5.74) is 0. The molecule has 4 atom stereocenters. The van der Waals surface area contributed by atoms with Crippen molar-refractivity contribution >= 4 is 23.6 Å². The summed E-state index contributed by atoms with van der Waals surface area (Å²) < 4.78 is 0. The maximum Gasteiger partial charge on any atom is 0.258 e. The highest BCUT2D eigenvalue weighted by Gasteiger charge is 2.62. The van der Waals surface area contributed by atoms with Crippen molar-refractivity contribution < 1.29 is 14.4 Å². The lowest BCUT2D eigenvalue weighted by Gasteiger charge is -2.17. The van der Waals surface area contributed by atoms with Crippen molar-refractivity contribution in [3.05, 3.63) is 0 Å². The van der Waals surface area contributed by atoms with Gasteiger partial charge in [0.25, 0.3) is 11.8 Å². The Morgan fingerprint density at radius 2 is 1.71 bits per heavy atom. The van der Waals surface area contributed by atoms with E-state index in [0.717, 1.165) is 17.9 Å². The van der Waals surface area contributed by atoms with Crippen molar-refractivity contribution in [2.45, 2.75) is 23.3 Å². The summed E-state index contributed by atoms with van der Waals surface area (Å²) in [4.78, 5) is 28.4. The largest absolute Gasteiger partial charge is 0.272 e. The summed E-state index contributed by atoms with van der Waals surface area (Å²) in [5, 5.41) is 1.68. The van der Waals surface area contributed by atoms with Gasteiger partial charge in [0.05, 0.1) is 18.9 Å². The van der Waals surface area contributed by atoms with Gasteiger partial charge >= 0.3 is 0 Å². The Hall–Kier alpha value is -0.550. The quantitative estimate of drug-likeness (QED) is 0.592. The molecular weight excluding hydrogens is 202 g/mol. The molecule has 3 aliphatic heterocycles. The van der Waals surface area contributed by atoms with Crippen molar-refractivity contribution in [3.8, 4) is 0 Å². The zero-order valence-electron chi connectivity index (χ0n) is 7.80. The Labute approximate surface area is 85.9 Å². The minimum atomic E-state index is -0.123. The Kier molecular flexibility index (Phi) is 1.70. The maximum atomic E-state index is 11.8. The van der Waals surface area contributed by atoms with Crippen LogP contribution in [-0.4, -0.2) is 34.5 Å². The number of thioether (sulfide) groups is 1. The van der Waals surface area contributed by atoms with E-state index in [1.807, 2.05) is 11.8 Å². The van der Waals surface area contributed by atoms with Crippen LogP contribution >= 0.6 is 11.8 Å². The molecule has 3 rings (SSSR count). The molecule has 0 aromatic heterocycles. The van der Waals surface area contributed by atoms with Gasteiger partial charge in [-0.1, -0.05) is 0 Å². The lowest BCUT2D eigenvalue weighted by molar-refractivity contribution is -0.181. The minimum absolute atomic E-state index is 0.0915. The average Bonchev–Trinajstić information content (AvgIpc) is 2.80. The lowest BCUT2D eigenvalue weighted by atomic mass is 9.81. The molecule has 0 spiro atoms. The van der Waals surface area contributed by atoms with Crippen molar-refractivity contribution in [3.63, 3.8) is 0 Å². The predicted molar refractivity (Wildman–Crippen MR) is 50.2 cm³/mol. The first-order valence-electron chi connectivity index (χ1n) is 4.81. The van der Waals surface area contributed by atoms with Gasteiger partial charge in [0, 0.05) is 10.5 Å². The van der Waals surface area contributed by atoms with Gasteiger partial charge in [0.1, 0.15) is 0 Å². The Balaban J connectivity index is 1.98. The highest BCUT2D eigenvalue weighted by Crippen LogP contribution is 2.56. The third-order valence-corrected chi connectivity index (χ3v) is 5.18. The maximum absolute atomic E-state index is 11.8. The molecular formula is C9H11NO3S. The Bertz CT molecular complexity index is 291. The molecule has 5 heteroatoms. The van der Waals surface area contributed by atoms with Gasteiger partial charge in [-0.25, -0.2) is 0 Å². The number of amides is 2.